The predicted molar refractivity (Wildman–Crippen MR) is 127 cm³/mol. The molecular formula is C16H22S8. The van der Waals surface area contributed by atoms with Crippen LogP contribution in [0, 0.1) is 11.8 Å². The van der Waals surface area contributed by atoms with E-state index in [2.05, 4.69) is 51.2 Å². The van der Waals surface area contributed by atoms with E-state index in [1.807, 2.05) is 60.0 Å². The SMILES string of the molecule is CC(C)CCSc1c(SCCC(C)C)c2sssc2c2sssc12. The van der Waals surface area contributed by atoms with Crippen LogP contribution in [0.1, 0.15) is 40.5 Å². The lowest BCUT2D eigenvalue weighted by atomic mass is 10.2. The molecule has 0 aliphatic rings. The van der Waals surface area contributed by atoms with Crippen molar-refractivity contribution in [3.05, 3.63) is 0 Å². The number of rotatable bonds is 8. The summed E-state index contributed by atoms with van der Waals surface area (Å²) in [7, 11) is 11.8. The van der Waals surface area contributed by atoms with Crippen molar-refractivity contribution < 1.29 is 0 Å². The van der Waals surface area contributed by atoms with Crippen LogP contribution in [0.25, 0.3) is 18.8 Å². The van der Waals surface area contributed by atoms with Crippen molar-refractivity contribution in [1.82, 2.24) is 0 Å². The number of fused-ring (bicyclic) bond motifs is 3. The summed E-state index contributed by atoms with van der Waals surface area (Å²) in [6.45, 7) is 9.32. The van der Waals surface area contributed by atoms with E-state index in [0.29, 0.717) is 0 Å². The van der Waals surface area contributed by atoms with Gasteiger partial charge in [-0.15, -0.1) is 23.5 Å². The van der Waals surface area contributed by atoms with E-state index in [1.165, 1.54) is 24.3 Å². The van der Waals surface area contributed by atoms with Crippen LogP contribution in [0.2, 0.25) is 0 Å². The Kier molecular flexibility index (Phi) is 7.86. The Morgan fingerprint density at radius 3 is 1.38 bits per heavy atom. The van der Waals surface area contributed by atoms with E-state index < -0.39 is 0 Å². The fraction of sp³-hybridized carbons (Fsp3) is 0.625. The molecule has 0 fully saturated rings. The van der Waals surface area contributed by atoms with Gasteiger partial charge in [0.1, 0.15) is 0 Å². The summed E-state index contributed by atoms with van der Waals surface area (Å²) in [4.78, 5) is 3.16. The van der Waals surface area contributed by atoms with Crippen molar-refractivity contribution in [2.45, 2.75) is 50.3 Å². The molecule has 0 aliphatic heterocycles. The van der Waals surface area contributed by atoms with Crippen LogP contribution in [0.15, 0.2) is 9.79 Å². The van der Waals surface area contributed by atoms with Crippen LogP contribution in [0.4, 0.5) is 0 Å². The highest BCUT2D eigenvalue weighted by Gasteiger charge is 2.19. The smallest absolute Gasteiger partial charge is 0.0773 e. The van der Waals surface area contributed by atoms with Crippen molar-refractivity contribution in [3.8, 4) is 0 Å². The van der Waals surface area contributed by atoms with Gasteiger partial charge >= 0.3 is 0 Å². The molecule has 0 saturated heterocycles. The predicted octanol–water partition coefficient (Wildman–Crippen LogP) is 9.76. The molecule has 0 unspecified atom stereocenters. The number of hydrogen-bond donors (Lipinski definition) is 0. The van der Waals surface area contributed by atoms with Gasteiger partial charge in [-0.2, -0.15) is 0 Å². The molecule has 2 heterocycles. The van der Waals surface area contributed by atoms with Crippen molar-refractivity contribution in [2.24, 2.45) is 11.8 Å². The molecule has 3 aromatic rings. The van der Waals surface area contributed by atoms with E-state index in [-0.39, 0.29) is 0 Å². The van der Waals surface area contributed by atoms with Crippen molar-refractivity contribution in [1.29, 1.82) is 0 Å². The number of benzene rings is 1. The van der Waals surface area contributed by atoms with Gasteiger partial charge in [0, 0.05) is 9.79 Å². The normalized spacial score (nSPS) is 12.2. The second kappa shape index (κ2) is 9.44. The summed E-state index contributed by atoms with van der Waals surface area (Å²) >= 11 is 4.21. The summed E-state index contributed by atoms with van der Waals surface area (Å²) in [5.74, 6) is 4.05. The first kappa shape index (κ1) is 20.0. The summed E-state index contributed by atoms with van der Waals surface area (Å²) < 4.78 is 6.20. The average molecular weight is 471 g/mol. The van der Waals surface area contributed by atoms with Gasteiger partial charge in [-0.25, -0.2) is 0 Å². The topological polar surface area (TPSA) is 0 Å². The van der Waals surface area contributed by atoms with Gasteiger partial charge in [0.05, 0.1) is 18.8 Å². The molecule has 0 atom stereocenters. The van der Waals surface area contributed by atoms with Crippen LogP contribution in [0.5, 0.6) is 0 Å². The standard InChI is InChI=1S/C16H22S8/c1-9(2)5-7-17-11-12(18-8-6-10(3)4)14-16(22-24-20-14)15-13(11)19-23-21-15/h9-10H,5-8H2,1-4H3. The molecule has 1 aromatic carbocycles. The summed E-state index contributed by atoms with van der Waals surface area (Å²) in [5.41, 5.74) is 0. The molecule has 0 aliphatic carbocycles. The largest absolute Gasteiger partial charge is 0.123 e. The molecule has 134 valence electrons. The molecule has 2 aromatic heterocycles. The Bertz CT molecular complexity index is 733. The highest BCUT2D eigenvalue weighted by molar-refractivity contribution is 8.05. The van der Waals surface area contributed by atoms with Crippen LogP contribution < -0.4 is 0 Å². The Morgan fingerprint density at radius 2 is 1.00 bits per heavy atom. The van der Waals surface area contributed by atoms with Crippen molar-refractivity contribution in [3.63, 3.8) is 0 Å². The van der Waals surface area contributed by atoms with Crippen LogP contribution in [-0.2, 0) is 0 Å². The first-order valence-corrected chi connectivity index (χ1v) is 17.0. The number of thioether (sulfide) groups is 2. The van der Waals surface area contributed by atoms with Gasteiger partial charge in [0.25, 0.3) is 0 Å². The summed E-state index contributed by atoms with van der Waals surface area (Å²) in [6, 6.07) is 0. The monoisotopic (exact) mass is 470 g/mol. The van der Waals surface area contributed by atoms with Crippen molar-refractivity contribution in [2.75, 3.05) is 11.5 Å². The second-order valence-corrected chi connectivity index (χ2v) is 16.6. The molecule has 24 heavy (non-hydrogen) atoms. The minimum absolute atomic E-state index is 0.786. The average Bonchev–Trinajstić information content (AvgIpc) is 3.16. The molecule has 0 bridgehead atoms. The van der Waals surface area contributed by atoms with Gasteiger partial charge in [0.2, 0.25) is 0 Å². The highest BCUT2D eigenvalue weighted by Crippen LogP contribution is 2.52. The van der Waals surface area contributed by atoms with Crippen molar-refractivity contribution >= 4 is 102 Å². The van der Waals surface area contributed by atoms with Gasteiger partial charge in [0.15, 0.2) is 0 Å². The third-order valence-electron chi connectivity index (χ3n) is 3.59. The molecule has 0 N–H and O–H groups in total. The van der Waals surface area contributed by atoms with Gasteiger partial charge < -0.3 is 0 Å². The zero-order valence-corrected chi connectivity index (χ0v) is 20.8. The molecule has 8 heteroatoms. The Morgan fingerprint density at radius 1 is 0.625 bits per heavy atom. The Hall–Kier alpha value is 1.24. The molecule has 0 saturated carbocycles. The molecule has 0 amide bonds. The van der Waals surface area contributed by atoms with Crippen LogP contribution in [-0.4, -0.2) is 11.5 Å². The number of hydrogen-bond acceptors (Lipinski definition) is 8. The molecule has 0 spiro atoms. The molecule has 0 nitrogen and oxygen atoms in total. The quantitative estimate of drug-likeness (QED) is 0.237. The van der Waals surface area contributed by atoms with Gasteiger partial charge in [-0.05, 0) is 54.9 Å². The van der Waals surface area contributed by atoms with Gasteiger partial charge in [-0.3, -0.25) is 0 Å². The highest BCUT2D eigenvalue weighted by atomic mass is 33.2. The third kappa shape index (κ3) is 4.74. The first-order valence-electron chi connectivity index (χ1n) is 8.09. The minimum atomic E-state index is 0.786. The van der Waals surface area contributed by atoms with Crippen LogP contribution in [0.3, 0.4) is 0 Å². The van der Waals surface area contributed by atoms with E-state index >= 15 is 0 Å². The maximum absolute atomic E-state index is 2.33. The van der Waals surface area contributed by atoms with E-state index in [1.54, 1.807) is 28.6 Å². The van der Waals surface area contributed by atoms with E-state index in [0.717, 1.165) is 11.8 Å². The Balaban J connectivity index is 2.00. The van der Waals surface area contributed by atoms with E-state index in [9.17, 15) is 0 Å². The fourth-order valence-electron chi connectivity index (χ4n) is 2.15. The maximum atomic E-state index is 2.33. The maximum Gasteiger partial charge on any atom is 0.0773 e. The fourth-order valence-corrected chi connectivity index (χ4v) is 15.9. The lowest BCUT2D eigenvalue weighted by Crippen LogP contribution is -1.92. The third-order valence-corrected chi connectivity index (χ3v) is 14.5. The van der Waals surface area contributed by atoms with Crippen LogP contribution >= 0.6 is 83.6 Å². The Labute approximate surface area is 174 Å². The lowest BCUT2D eigenvalue weighted by Gasteiger charge is -2.13. The second-order valence-electron chi connectivity index (χ2n) is 6.51. The summed E-state index contributed by atoms with van der Waals surface area (Å²) in [6.07, 6.45) is 2.60. The first-order chi connectivity index (χ1) is 11.6. The molecular weight excluding hydrogens is 449 g/mol. The van der Waals surface area contributed by atoms with Gasteiger partial charge in [-0.1, -0.05) is 69.1 Å². The molecule has 0 radical (unpaired) electrons. The zero-order valence-electron chi connectivity index (χ0n) is 14.2. The van der Waals surface area contributed by atoms with E-state index in [4.69, 9.17) is 0 Å². The molecule has 3 rings (SSSR count). The minimum Gasteiger partial charge on any atom is -0.123 e. The lowest BCUT2D eigenvalue weighted by molar-refractivity contribution is 0.631. The zero-order chi connectivity index (χ0) is 17.1. The summed E-state index contributed by atoms with van der Waals surface area (Å²) in [5, 5.41) is 0.